The van der Waals surface area contributed by atoms with Crippen molar-refractivity contribution >= 4 is 15.7 Å². The van der Waals surface area contributed by atoms with Crippen LogP contribution in [-0.4, -0.2) is 25.2 Å². The molecule has 0 amide bonds. The van der Waals surface area contributed by atoms with E-state index in [0.717, 1.165) is 0 Å². The molecule has 0 spiro atoms. The van der Waals surface area contributed by atoms with E-state index in [-0.39, 0.29) is 10.4 Å². The van der Waals surface area contributed by atoms with Gasteiger partial charge in [-0.25, -0.2) is 8.42 Å². The Morgan fingerprint density at radius 1 is 1.25 bits per heavy atom. The number of benzene rings is 1. The van der Waals surface area contributed by atoms with Gasteiger partial charge in [-0.1, -0.05) is 6.07 Å². The molecular formula is C17H22N4O2S. The molecule has 0 saturated heterocycles. The van der Waals surface area contributed by atoms with Crippen molar-refractivity contribution in [2.45, 2.75) is 45.1 Å². The molecule has 1 heterocycles. The summed E-state index contributed by atoms with van der Waals surface area (Å²) in [6.07, 6.45) is 0. The average Bonchev–Trinajstić information content (AvgIpc) is 2.82. The highest BCUT2D eigenvalue weighted by molar-refractivity contribution is 7.92. The number of nitrogens with zero attached hydrogens (tertiary/aromatic N) is 4. The molecule has 24 heavy (non-hydrogen) atoms. The van der Waals surface area contributed by atoms with Crippen molar-refractivity contribution in [1.29, 1.82) is 5.26 Å². The van der Waals surface area contributed by atoms with Crippen molar-refractivity contribution in [2.75, 3.05) is 11.4 Å². The Hall–Kier alpha value is -2.33. The number of hydrogen-bond acceptors (Lipinski definition) is 4. The second-order valence-electron chi connectivity index (χ2n) is 6.72. The molecule has 128 valence electrons. The number of hydrogen-bond donors (Lipinski definition) is 0. The lowest BCUT2D eigenvalue weighted by molar-refractivity contribution is 0.345. The first kappa shape index (κ1) is 18.0. The standard InChI is InChI=1S/C17H22N4O2S/c1-12-16(13(2)21(19-12)17(3,4)5)24(22,23)20(6)15-9-7-8-14(10-15)11-18/h7-10H,1-6H3. The van der Waals surface area contributed by atoms with Gasteiger partial charge in [-0.15, -0.1) is 0 Å². The van der Waals surface area contributed by atoms with Crippen molar-refractivity contribution in [1.82, 2.24) is 9.78 Å². The zero-order chi connectivity index (χ0) is 18.3. The van der Waals surface area contributed by atoms with E-state index >= 15 is 0 Å². The first-order chi connectivity index (χ1) is 11.0. The fraction of sp³-hybridized carbons (Fsp3) is 0.412. The first-order valence-electron chi connectivity index (χ1n) is 7.56. The van der Waals surface area contributed by atoms with Gasteiger partial charge in [0, 0.05) is 7.05 Å². The number of sulfonamides is 1. The maximum atomic E-state index is 13.1. The predicted octanol–water partition coefficient (Wildman–Crippen LogP) is 2.95. The van der Waals surface area contributed by atoms with Crippen LogP contribution in [0.3, 0.4) is 0 Å². The highest BCUT2D eigenvalue weighted by Crippen LogP contribution is 2.29. The van der Waals surface area contributed by atoms with Crippen LogP contribution < -0.4 is 4.31 Å². The van der Waals surface area contributed by atoms with Gasteiger partial charge < -0.3 is 0 Å². The van der Waals surface area contributed by atoms with Crippen LogP contribution in [0.15, 0.2) is 29.2 Å². The Balaban J connectivity index is 2.59. The summed E-state index contributed by atoms with van der Waals surface area (Å²) in [5, 5.41) is 13.4. The molecule has 0 atom stereocenters. The molecule has 1 aromatic heterocycles. The van der Waals surface area contributed by atoms with E-state index in [1.807, 2.05) is 26.8 Å². The molecule has 0 bridgehead atoms. The van der Waals surface area contributed by atoms with Gasteiger partial charge in [-0.05, 0) is 52.8 Å². The number of aryl methyl sites for hydroxylation is 1. The Kier molecular flexibility index (Phi) is 4.46. The summed E-state index contributed by atoms with van der Waals surface area (Å²) in [7, 11) is -2.29. The highest BCUT2D eigenvalue weighted by Gasteiger charge is 2.31. The van der Waals surface area contributed by atoms with E-state index in [0.29, 0.717) is 22.6 Å². The monoisotopic (exact) mass is 346 g/mol. The van der Waals surface area contributed by atoms with Crippen molar-refractivity contribution in [3.05, 3.63) is 41.2 Å². The summed E-state index contributed by atoms with van der Waals surface area (Å²) in [5.74, 6) is 0. The van der Waals surface area contributed by atoms with Crippen molar-refractivity contribution in [2.24, 2.45) is 0 Å². The third-order valence-electron chi connectivity index (χ3n) is 3.82. The molecule has 0 aliphatic heterocycles. The molecule has 0 aliphatic rings. The van der Waals surface area contributed by atoms with Gasteiger partial charge in [0.05, 0.1) is 34.2 Å². The number of nitriles is 1. The fourth-order valence-corrected chi connectivity index (χ4v) is 4.24. The lowest BCUT2D eigenvalue weighted by Crippen LogP contribution is -2.28. The summed E-state index contributed by atoms with van der Waals surface area (Å²) >= 11 is 0. The minimum absolute atomic E-state index is 0.210. The van der Waals surface area contributed by atoms with E-state index in [9.17, 15) is 8.42 Å². The predicted molar refractivity (Wildman–Crippen MR) is 93.4 cm³/mol. The Morgan fingerprint density at radius 2 is 1.88 bits per heavy atom. The SMILES string of the molecule is Cc1nn(C(C)(C)C)c(C)c1S(=O)(=O)N(C)c1cccc(C#N)c1. The summed E-state index contributed by atoms with van der Waals surface area (Å²) in [6, 6.07) is 8.54. The van der Waals surface area contributed by atoms with E-state index in [2.05, 4.69) is 5.10 Å². The molecule has 7 heteroatoms. The molecule has 0 radical (unpaired) electrons. The van der Waals surface area contributed by atoms with E-state index < -0.39 is 10.0 Å². The summed E-state index contributed by atoms with van der Waals surface area (Å²) < 4.78 is 29.1. The second kappa shape index (κ2) is 5.95. The summed E-state index contributed by atoms with van der Waals surface area (Å²) in [6.45, 7) is 9.38. The molecule has 0 aliphatic carbocycles. The molecule has 6 nitrogen and oxygen atoms in total. The van der Waals surface area contributed by atoms with Crippen LogP contribution in [0.25, 0.3) is 0 Å². The third-order valence-corrected chi connectivity index (χ3v) is 5.86. The van der Waals surface area contributed by atoms with Gasteiger partial charge >= 0.3 is 0 Å². The molecule has 0 N–H and O–H groups in total. The van der Waals surface area contributed by atoms with Crippen LogP contribution >= 0.6 is 0 Å². The molecule has 1 aromatic carbocycles. The van der Waals surface area contributed by atoms with Crippen LogP contribution in [0, 0.1) is 25.2 Å². The molecule has 0 saturated carbocycles. The molecular weight excluding hydrogens is 324 g/mol. The Labute approximate surface area is 143 Å². The van der Waals surface area contributed by atoms with Gasteiger partial charge in [0.25, 0.3) is 10.0 Å². The molecule has 2 aromatic rings. The van der Waals surface area contributed by atoms with Crippen LogP contribution in [0.4, 0.5) is 5.69 Å². The minimum atomic E-state index is -3.78. The lowest BCUT2D eigenvalue weighted by Gasteiger charge is -2.23. The van der Waals surface area contributed by atoms with E-state index in [1.54, 1.807) is 42.8 Å². The van der Waals surface area contributed by atoms with Crippen molar-refractivity contribution in [3.8, 4) is 6.07 Å². The third kappa shape index (κ3) is 3.02. The maximum absolute atomic E-state index is 13.1. The number of aromatic nitrogens is 2. The van der Waals surface area contributed by atoms with Gasteiger partial charge in [-0.2, -0.15) is 10.4 Å². The smallest absolute Gasteiger partial charge is 0.267 e. The second-order valence-corrected chi connectivity index (χ2v) is 8.62. The molecule has 0 fully saturated rings. The van der Waals surface area contributed by atoms with Gasteiger partial charge in [0.1, 0.15) is 4.90 Å². The van der Waals surface area contributed by atoms with E-state index in [1.165, 1.54) is 11.4 Å². The Morgan fingerprint density at radius 3 is 2.38 bits per heavy atom. The molecule has 2 rings (SSSR count). The summed E-state index contributed by atoms with van der Waals surface area (Å²) in [5.41, 5.74) is 1.60. The number of anilines is 1. The average molecular weight is 346 g/mol. The topological polar surface area (TPSA) is 79.0 Å². The van der Waals surface area contributed by atoms with Crippen LogP contribution in [-0.2, 0) is 15.6 Å². The largest absolute Gasteiger partial charge is 0.269 e. The zero-order valence-electron chi connectivity index (χ0n) is 14.8. The van der Waals surface area contributed by atoms with E-state index in [4.69, 9.17) is 5.26 Å². The Bertz CT molecular complexity index is 915. The minimum Gasteiger partial charge on any atom is -0.269 e. The quantitative estimate of drug-likeness (QED) is 0.856. The normalized spacial score (nSPS) is 12.0. The zero-order valence-corrected chi connectivity index (χ0v) is 15.6. The maximum Gasteiger partial charge on any atom is 0.267 e. The van der Waals surface area contributed by atoms with Crippen LogP contribution in [0.5, 0.6) is 0 Å². The van der Waals surface area contributed by atoms with Gasteiger partial charge in [-0.3, -0.25) is 8.99 Å². The highest BCUT2D eigenvalue weighted by atomic mass is 32.2. The van der Waals surface area contributed by atoms with Crippen LogP contribution in [0.2, 0.25) is 0 Å². The van der Waals surface area contributed by atoms with Crippen molar-refractivity contribution < 1.29 is 8.42 Å². The fourth-order valence-electron chi connectivity index (χ4n) is 2.70. The van der Waals surface area contributed by atoms with Gasteiger partial charge in [0.15, 0.2) is 0 Å². The van der Waals surface area contributed by atoms with Crippen molar-refractivity contribution in [3.63, 3.8) is 0 Å². The van der Waals surface area contributed by atoms with Gasteiger partial charge in [0.2, 0.25) is 0 Å². The lowest BCUT2D eigenvalue weighted by atomic mass is 10.1. The first-order valence-corrected chi connectivity index (χ1v) is 9.00. The number of rotatable bonds is 3. The summed E-state index contributed by atoms with van der Waals surface area (Å²) in [4.78, 5) is 0.210. The van der Waals surface area contributed by atoms with Crippen LogP contribution in [0.1, 0.15) is 37.7 Å². The molecule has 0 unspecified atom stereocenters.